The van der Waals surface area contributed by atoms with Gasteiger partial charge in [0.15, 0.2) is 5.66 Å². The monoisotopic (exact) mass is 415 g/mol. The maximum Gasteiger partial charge on any atom is 0.226 e. The molecule has 1 aromatic carbocycles. The van der Waals surface area contributed by atoms with Crippen LogP contribution >= 0.6 is 17.0 Å². The van der Waals surface area contributed by atoms with E-state index < -0.39 is 5.66 Å². The molecule has 1 heterocycles. The van der Waals surface area contributed by atoms with Crippen molar-refractivity contribution in [3.63, 3.8) is 0 Å². The maximum atomic E-state index is 5.84. The Morgan fingerprint density at radius 1 is 1.04 bits per heavy atom. The summed E-state index contributed by atoms with van der Waals surface area (Å²) in [6.07, 6.45) is 0.687. The van der Waals surface area contributed by atoms with Gasteiger partial charge in [-0.25, -0.2) is 4.99 Å². The molecule has 8 nitrogen and oxygen atoms in total. The van der Waals surface area contributed by atoms with E-state index in [-0.39, 0.29) is 28.9 Å². The average Bonchev–Trinajstić information content (AvgIpc) is 2.50. The Morgan fingerprint density at radius 2 is 1.64 bits per heavy atom. The maximum absolute atomic E-state index is 5.84. The number of aliphatic imine (C=N–C) groups is 2. The van der Waals surface area contributed by atoms with E-state index in [1.165, 1.54) is 5.06 Å². The zero-order valence-electron chi connectivity index (χ0n) is 14.8. The fraction of sp³-hybridized carbons (Fsp3) is 0.500. The first kappa shape index (κ1) is 21.0. The Morgan fingerprint density at radius 3 is 2.20 bits per heavy atom. The summed E-state index contributed by atoms with van der Waals surface area (Å²) in [6.45, 7) is 7.23. The fourth-order valence-electron chi connectivity index (χ4n) is 2.22. The number of halogens is 1. The summed E-state index contributed by atoms with van der Waals surface area (Å²) in [4.78, 5) is 13.8. The van der Waals surface area contributed by atoms with Crippen LogP contribution in [-0.2, 0) is 4.84 Å². The lowest BCUT2D eigenvalue weighted by atomic mass is 10.2. The van der Waals surface area contributed by atoms with Crippen molar-refractivity contribution < 1.29 is 14.3 Å². The molecule has 0 saturated heterocycles. The van der Waals surface area contributed by atoms with Gasteiger partial charge in [0.1, 0.15) is 11.5 Å². The first-order valence-corrected chi connectivity index (χ1v) is 7.90. The van der Waals surface area contributed by atoms with Crippen LogP contribution in [0.1, 0.15) is 27.2 Å². The van der Waals surface area contributed by atoms with Crippen molar-refractivity contribution in [2.75, 3.05) is 19.8 Å². The number of nitrogens with two attached hydrogens (primary N) is 2. The molecule has 0 saturated carbocycles. The van der Waals surface area contributed by atoms with Gasteiger partial charge in [0.05, 0.1) is 19.8 Å². The Kier molecular flexibility index (Phi) is 7.98. The molecule has 1 aliphatic heterocycles. The van der Waals surface area contributed by atoms with Crippen molar-refractivity contribution in [3.05, 3.63) is 24.3 Å². The Bertz CT molecular complexity index is 604. The number of hydrogen-bond acceptors (Lipinski definition) is 8. The molecule has 4 N–H and O–H groups in total. The molecule has 0 aromatic heterocycles. The predicted octanol–water partition coefficient (Wildman–Crippen LogP) is 2.04. The predicted molar refractivity (Wildman–Crippen MR) is 103 cm³/mol. The Labute approximate surface area is 158 Å². The summed E-state index contributed by atoms with van der Waals surface area (Å²) < 4.78 is 11.0. The summed E-state index contributed by atoms with van der Waals surface area (Å²) in [6, 6.07) is 7.51. The Balaban J connectivity index is 0.00000312. The van der Waals surface area contributed by atoms with Gasteiger partial charge in [0.2, 0.25) is 11.9 Å². The molecule has 140 valence electrons. The molecule has 0 bridgehead atoms. The van der Waals surface area contributed by atoms with Crippen molar-refractivity contribution in [3.8, 4) is 11.5 Å². The summed E-state index contributed by atoms with van der Waals surface area (Å²) in [5.74, 6) is 1.96. The van der Waals surface area contributed by atoms with Gasteiger partial charge in [-0.3, -0.25) is 4.84 Å². The third-order valence-corrected chi connectivity index (χ3v) is 3.23. The fourth-order valence-corrected chi connectivity index (χ4v) is 2.22. The van der Waals surface area contributed by atoms with E-state index >= 15 is 0 Å². The van der Waals surface area contributed by atoms with E-state index in [9.17, 15) is 0 Å². The first-order chi connectivity index (χ1) is 11.4. The van der Waals surface area contributed by atoms with Crippen LogP contribution in [0.5, 0.6) is 11.5 Å². The van der Waals surface area contributed by atoms with E-state index in [0.717, 1.165) is 11.5 Å². The third-order valence-electron chi connectivity index (χ3n) is 3.23. The van der Waals surface area contributed by atoms with Crippen LogP contribution in [0.2, 0.25) is 0 Å². The minimum absolute atomic E-state index is 0. The number of rotatable bonds is 8. The van der Waals surface area contributed by atoms with Gasteiger partial charge in [-0.05, 0) is 45.0 Å². The molecule has 0 spiro atoms. The van der Waals surface area contributed by atoms with E-state index in [4.69, 9.17) is 25.8 Å². The van der Waals surface area contributed by atoms with Crippen LogP contribution in [0.4, 0.5) is 0 Å². The highest BCUT2D eigenvalue weighted by Crippen LogP contribution is 2.20. The number of nitrogens with zero attached hydrogens (tertiary/aromatic N) is 3. The van der Waals surface area contributed by atoms with Crippen LogP contribution in [0.25, 0.3) is 0 Å². The minimum Gasteiger partial charge on any atom is -0.494 e. The van der Waals surface area contributed by atoms with Crippen molar-refractivity contribution >= 4 is 28.9 Å². The standard InChI is InChI=1S/C16H25N5O3.BrH/c1-4-22-12-6-8-13(9-7-12)23-10-5-11-24-21-15(18)19-14(17)20-16(21,2)3;/h6-9H,4-5,10-11H2,1-3H3,(H4,17,18,19,20);1H. The van der Waals surface area contributed by atoms with Crippen LogP contribution in [-0.4, -0.2) is 42.5 Å². The number of ether oxygens (including phenoxy) is 2. The van der Waals surface area contributed by atoms with Gasteiger partial charge in [0.25, 0.3) is 0 Å². The van der Waals surface area contributed by atoms with Crippen LogP contribution in [0.3, 0.4) is 0 Å². The van der Waals surface area contributed by atoms with Gasteiger partial charge in [-0.15, -0.1) is 17.0 Å². The molecular formula is C16H26BrN5O3. The molecule has 9 heteroatoms. The third kappa shape index (κ3) is 6.09. The molecule has 1 aliphatic rings. The van der Waals surface area contributed by atoms with E-state index in [1.807, 2.05) is 45.0 Å². The molecule has 0 amide bonds. The Hall–Kier alpha value is -2.00. The lowest BCUT2D eigenvalue weighted by molar-refractivity contribution is -0.158. The van der Waals surface area contributed by atoms with Crippen LogP contribution in [0.15, 0.2) is 34.3 Å². The van der Waals surface area contributed by atoms with Crippen molar-refractivity contribution in [1.82, 2.24) is 5.06 Å². The largest absolute Gasteiger partial charge is 0.494 e. The molecule has 0 aliphatic carbocycles. The van der Waals surface area contributed by atoms with Crippen LogP contribution in [0, 0.1) is 0 Å². The SMILES string of the molecule is Br.CCOc1ccc(OCCCON2C(N)=NC(N)=NC2(C)C)cc1. The van der Waals surface area contributed by atoms with Crippen LogP contribution < -0.4 is 20.9 Å². The smallest absolute Gasteiger partial charge is 0.226 e. The van der Waals surface area contributed by atoms with Gasteiger partial charge >= 0.3 is 0 Å². The van der Waals surface area contributed by atoms with E-state index in [2.05, 4.69) is 9.98 Å². The lowest BCUT2D eigenvalue weighted by Crippen LogP contribution is -2.53. The lowest BCUT2D eigenvalue weighted by Gasteiger charge is -2.36. The molecule has 0 unspecified atom stereocenters. The molecule has 0 fully saturated rings. The van der Waals surface area contributed by atoms with Gasteiger partial charge in [-0.2, -0.15) is 10.1 Å². The molecule has 2 rings (SSSR count). The molecule has 1 aromatic rings. The summed E-state index contributed by atoms with van der Waals surface area (Å²) in [5.41, 5.74) is 10.8. The van der Waals surface area contributed by atoms with E-state index in [0.29, 0.717) is 26.2 Å². The normalized spacial score (nSPS) is 15.7. The molecule has 0 atom stereocenters. The quantitative estimate of drug-likeness (QED) is 0.628. The van der Waals surface area contributed by atoms with Gasteiger partial charge in [-0.1, -0.05) is 0 Å². The summed E-state index contributed by atoms with van der Waals surface area (Å²) in [5, 5.41) is 1.46. The highest BCUT2D eigenvalue weighted by molar-refractivity contribution is 8.93. The number of guanidine groups is 2. The molecule has 25 heavy (non-hydrogen) atoms. The van der Waals surface area contributed by atoms with Gasteiger partial charge < -0.3 is 20.9 Å². The molecule has 0 radical (unpaired) electrons. The second-order valence-corrected chi connectivity index (χ2v) is 5.67. The number of benzene rings is 1. The second kappa shape index (κ2) is 9.47. The van der Waals surface area contributed by atoms with Gasteiger partial charge in [0, 0.05) is 6.42 Å². The highest BCUT2D eigenvalue weighted by Gasteiger charge is 2.32. The van der Waals surface area contributed by atoms with Crippen molar-refractivity contribution in [1.29, 1.82) is 0 Å². The highest BCUT2D eigenvalue weighted by atomic mass is 79.9. The average molecular weight is 416 g/mol. The topological polar surface area (TPSA) is 108 Å². The zero-order valence-corrected chi connectivity index (χ0v) is 16.5. The zero-order chi connectivity index (χ0) is 17.6. The molecular weight excluding hydrogens is 390 g/mol. The van der Waals surface area contributed by atoms with Crippen molar-refractivity contribution in [2.24, 2.45) is 21.5 Å². The summed E-state index contributed by atoms with van der Waals surface area (Å²) >= 11 is 0. The first-order valence-electron chi connectivity index (χ1n) is 7.90. The van der Waals surface area contributed by atoms with Crippen molar-refractivity contribution in [2.45, 2.75) is 32.9 Å². The second-order valence-electron chi connectivity index (χ2n) is 5.67. The number of hydrogen-bond donors (Lipinski definition) is 2. The summed E-state index contributed by atoms with van der Waals surface area (Å²) in [7, 11) is 0. The van der Waals surface area contributed by atoms with E-state index in [1.54, 1.807) is 0 Å². The number of hydroxylamine groups is 2. The minimum atomic E-state index is -0.689.